The molecule has 1 atom stereocenters. The van der Waals surface area contributed by atoms with Gasteiger partial charge < -0.3 is 14.8 Å². The van der Waals surface area contributed by atoms with Crippen molar-refractivity contribution >= 4 is 34.8 Å². The van der Waals surface area contributed by atoms with Gasteiger partial charge in [0.05, 0.1) is 19.2 Å². The predicted octanol–water partition coefficient (Wildman–Crippen LogP) is 7.03. The Morgan fingerprint density at radius 2 is 1.68 bits per heavy atom. The highest BCUT2D eigenvalue weighted by Gasteiger charge is 2.31. The van der Waals surface area contributed by atoms with E-state index in [1.165, 1.54) is 30.6 Å². The number of rotatable bonds is 10. The summed E-state index contributed by atoms with van der Waals surface area (Å²) < 4.78 is 46.6. The molecule has 11 heteroatoms. The molecule has 1 N–H and O–H groups in total. The number of esters is 1. The number of ether oxygens (including phenoxy) is 2. The van der Waals surface area contributed by atoms with Gasteiger partial charge in [-0.2, -0.15) is 0 Å². The molecular weight excluding hydrogens is 565 g/mol. The first-order valence-electron chi connectivity index (χ1n) is 12.1. The summed E-state index contributed by atoms with van der Waals surface area (Å²) in [5.74, 6) is -1.31. The summed E-state index contributed by atoms with van der Waals surface area (Å²) in [6.07, 6.45) is -4.23. The van der Waals surface area contributed by atoms with Crippen molar-refractivity contribution in [2.45, 2.75) is 25.1 Å². The fraction of sp³-hybridized carbons (Fsp3) is 0.207. The van der Waals surface area contributed by atoms with Crippen molar-refractivity contribution in [2.75, 3.05) is 13.7 Å². The number of benzene rings is 3. The van der Waals surface area contributed by atoms with E-state index in [-0.39, 0.29) is 30.5 Å². The molecule has 208 valence electrons. The van der Waals surface area contributed by atoms with Crippen LogP contribution in [0.4, 0.5) is 13.2 Å². The van der Waals surface area contributed by atoms with Crippen LogP contribution < -0.4 is 10.1 Å². The van der Waals surface area contributed by atoms with Crippen molar-refractivity contribution in [1.82, 2.24) is 10.3 Å². The first-order chi connectivity index (χ1) is 19.1. The largest absolute Gasteiger partial charge is 0.573 e. The third-order valence-electron chi connectivity index (χ3n) is 5.97. The van der Waals surface area contributed by atoms with Crippen LogP contribution in [0.25, 0.3) is 11.3 Å². The quantitative estimate of drug-likeness (QED) is 0.201. The van der Waals surface area contributed by atoms with E-state index < -0.39 is 12.3 Å². The zero-order valence-electron chi connectivity index (χ0n) is 21.2. The zero-order valence-corrected chi connectivity index (χ0v) is 22.8. The van der Waals surface area contributed by atoms with Crippen molar-refractivity contribution in [1.29, 1.82) is 0 Å². The maximum absolute atomic E-state index is 12.7. The standard InChI is InChI=1S/C29H24ClF3N2O4S/c1-38-26(36)14-15-34-27(37)21-4-2-18(3-5-21)16-24(19-8-12-23(13-9-19)39-29(31,32)33)28-35-25(17-40-28)20-6-10-22(30)11-7-20/h2-13,17,24H,14-16H2,1H3,(H,34,37). The first kappa shape index (κ1) is 29.1. The number of alkyl halides is 3. The van der Waals surface area contributed by atoms with Crippen molar-refractivity contribution in [3.8, 4) is 17.0 Å². The maximum atomic E-state index is 12.7. The lowest BCUT2D eigenvalue weighted by atomic mass is 9.92. The molecular formula is C29H24ClF3N2O4S. The Kier molecular flexibility index (Phi) is 9.44. The molecule has 0 spiro atoms. The van der Waals surface area contributed by atoms with Gasteiger partial charge in [-0.3, -0.25) is 9.59 Å². The summed E-state index contributed by atoms with van der Waals surface area (Å²) in [7, 11) is 1.28. The molecule has 0 radical (unpaired) electrons. The molecule has 0 aliphatic carbocycles. The number of halogens is 4. The molecule has 0 saturated carbocycles. The van der Waals surface area contributed by atoms with E-state index in [4.69, 9.17) is 16.6 Å². The maximum Gasteiger partial charge on any atom is 0.573 e. The predicted molar refractivity (Wildman–Crippen MR) is 147 cm³/mol. The number of hydrogen-bond acceptors (Lipinski definition) is 6. The first-order valence-corrected chi connectivity index (χ1v) is 13.4. The summed E-state index contributed by atoms with van der Waals surface area (Å²) in [5, 5.41) is 5.98. The number of carbonyl (C=O) groups is 2. The number of nitrogens with one attached hydrogen (secondary N) is 1. The minimum atomic E-state index is -4.78. The van der Waals surface area contributed by atoms with E-state index in [0.717, 1.165) is 27.4 Å². The van der Waals surface area contributed by atoms with Gasteiger partial charge in [0.2, 0.25) is 0 Å². The van der Waals surface area contributed by atoms with Crippen LogP contribution in [0.3, 0.4) is 0 Å². The second kappa shape index (κ2) is 13.0. The smallest absolute Gasteiger partial charge is 0.469 e. The lowest BCUT2D eigenvalue weighted by Gasteiger charge is -2.17. The molecule has 0 aliphatic heterocycles. The van der Waals surface area contributed by atoms with Crippen LogP contribution >= 0.6 is 22.9 Å². The number of carbonyl (C=O) groups excluding carboxylic acids is 2. The lowest BCUT2D eigenvalue weighted by Crippen LogP contribution is -2.26. The summed E-state index contributed by atoms with van der Waals surface area (Å²) in [6, 6.07) is 20.0. The third kappa shape index (κ3) is 8.06. The number of hydrogen-bond donors (Lipinski definition) is 1. The monoisotopic (exact) mass is 588 g/mol. The molecule has 0 fully saturated rings. The van der Waals surface area contributed by atoms with E-state index in [0.29, 0.717) is 17.0 Å². The topological polar surface area (TPSA) is 77.5 Å². The summed E-state index contributed by atoms with van der Waals surface area (Å²) >= 11 is 7.46. The van der Waals surface area contributed by atoms with Crippen LogP contribution in [-0.4, -0.2) is 36.9 Å². The van der Waals surface area contributed by atoms with Crippen molar-refractivity contribution < 1.29 is 32.2 Å². The number of nitrogens with zero attached hydrogens (tertiary/aromatic N) is 1. The molecule has 1 unspecified atom stereocenters. The van der Waals surface area contributed by atoms with Gasteiger partial charge in [0.1, 0.15) is 10.8 Å². The Morgan fingerprint density at radius 1 is 1.00 bits per heavy atom. The average molecular weight is 589 g/mol. The lowest BCUT2D eigenvalue weighted by molar-refractivity contribution is -0.274. The van der Waals surface area contributed by atoms with Crippen molar-refractivity contribution in [2.24, 2.45) is 0 Å². The second-order valence-corrected chi connectivity index (χ2v) is 10.1. The molecule has 0 bridgehead atoms. The van der Waals surface area contributed by atoms with Gasteiger partial charge in [-0.1, -0.05) is 48.0 Å². The van der Waals surface area contributed by atoms with Crippen molar-refractivity contribution in [3.63, 3.8) is 0 Å². The Morgan fingerprint density at radius 3 is 2.30 bits per heavy atom. The fourth-order valence-corrected chi connectivity index (χ4v) is 5.04. The highest BCUT2D eigenvalue weighted by molar-refractivity contribution is 7.10. The molecule has 0 saturated heterocycles. The number of amides is 1. The van der Waals surface area contributed by atoms with Gasteiger partial charge in [0, 0.05) is 34.0 Å². The molecule has 1 aromatic heterocycles. The molecule has 4 aromatic rings. The van der Waals surface area contributed by atoms with Gasteiger partial charge in [-0.25, -0.2) is 4.98 Å². The van der Waals surface area contributed by atoms with Crippen LogP contribution in [0.1, 0.15) is 38.8 Å². The number of methoxy groups -OCH3 is 1. The minimum absolute atomic E-state index is 0.0701. The second-order valence-electron chi connectivity index (χ2n) is 8.73. The van der Waals surface area contributed by atoms with Crippen LogP contribution in [0.15, 0.2) is 78.2 Å². The molecule has 6 nitrogen and oxygen atoms in total. The highest BCUT2D eigenvalue weighted by atomic mass is 35.5. The van der Waals surface area contributed by atoms with Gasteiger partial charge in [-0.15, -0.1) is 24.5 Å². The Bertz CT molecular complexity index is 1440. The van der Waals surface area contributed by atoms with Crippen LogP contribution in [0.2, 0.25) is 5.02 Å². The van der Waals surface area contributed by atoms with Crippen molar-refractivity contribution in [3.05, 3.63) is 105 Å². The van der Waals surface area contributed by atoms with Gasteiger partial charge in [0.15, 0.2) is 0 Å². The Hall–Kier alpha value is -3.89. The third-order valence-corrected chi connectivity index (χ3v) is 7.18. The van der Waals surface area contributed by atoms with Gasteiger partial charge in [0.25, 0.3) is 5.91 Å². The van der Waals surface area contributed by atoms with Crippen LogP contribution in [0.5, 0.6) is 5.75 Å². The molecule has 1 amide bonds. The molecule has 40 heavy (non-hydrogen) atoms. The van der Waals surface area contributed by atoms with Crippen LogP contribution in [0, 0.1) is 0 Å². The normalized spacial score (nSPS) is 12.0. The van der Waals surface area contributed by atoms with E-state index in [1.54, 1.807) is 36.4 Å². The Balaban J connectivity index is 1.56. The van der Waals surface area contributed by atoms with Gasteiger partial charge in [-0.05, 0) is 53.9 Å². The number of thiazole rings is 1. The number of aromatic nitrogens is 1. The average Bonchev–Trinajstić information content (AvgIpc) is 3.42. The molecule has 0 aliphatic rings. The van der Waals surface area contributed by atoms with E-state index >= 15 is 0 Å². The fourth-order valence-electron chi connectivity index (χ4n) is 3.96. The molecule has 3 aromatic carbocycles. The minimum Gasteiger partial charge on any atom is -0.469 e. The van der Waals surface area contributed by atoms with E-state index in [1.807, 2.05) is 29.6 Å². The van der Waals surface area contributed by atoms with Gasteiger partial charge >= 0.3 is 12.3 Å². The van der Waals surface area contributed by atoms with E-state index in [9.17, 15) is 22.8 Å². The summed E-state index contributed by atoms with van der Waals surface area (Å²) in [5.41, 5.74) is 3.74. The zero-order chi connectivity index (χ0) is 28.7. The Labute approximate surface area is 237 Å². The molecule has 4 rings (SSSR count). The highest BCUT2D eigenvalue weighted by Crippen LogP contribution is 2.35. The van der Waals surface area contributed by atoms with Crippen LogP contribution in [-0.2, 0) is 16.0 Å². The summed E-state index contributed by atoms with van der Waals surface area (Å²) in [4.78, 5) is 28.5. The van der Waals surface area contributed by atoms with E-state index in [2.05, 4.69) is 14.8 Å². The SMILES string of the molecule is COC(=O)CCNC(=O)c1ccc(CC(c2ccc(OC(F)(F)F)cc2)c2nc(-c3ccc(Cl)cc3)cs2)cc1. The summed E-state index contributed by atoms with van der Waals surface area (Å²) in [6.45, 7) is 0.156. The molecule has 1 heterocycles.